The van der Waals surface area contributed by atoms with Crippen molar-refractivity contribution in [1.82, 2.24) is 4.57 Å². The van der Waals surface area contributed by atoms with Gasteiger partial charge in [0.2, 0.25) is 0 Å². The molecule has 0 atom stereocenters. The average molecular weight is 474 g/mol. The lowest BCUT2D eigenvalue weighted by atomic mass is 9.98. The molecule has 4 rings (SSSR count). The first-order chi connectivity index (χ1) is 17.1. The minimum Gasteiger partial charge on any atom is -0.497 e. The van der Waals surface area contributed by atoms with Crippen LogP contribution < -0.4 is 23.7 Å². The standard InChI is InChI=1S/C29H31NO5/c1-31-23-10-6-20(7-11-23)14-15-30-18-24(21-8-12-26(32-2)28(16-21)34-4)25(19-30)22-9-13-27(33-3)29(17-22)35-5/h6-13,16-19H,14-15H2,1-5H3. The first kappa shape index (κ1) is 24.1. The van der Waals surface area contributed by atoms with E-state index in [1.54, 1.807) is 35.5 Å². The second-order valence-electron chi connectivity index (χ2n) is 8.06. The molecule has 0 spiro atoms. The highest BCUT2D eigenvalue weighted by Crippen LogP contribution is 2.40. The molecule has 0 amide bonds. The number of aromatic nitrogens is 1. The molecule has 0 aliphatic rings. The third-order valence-electron chi connectivity index (χ3n) is 6.09. The number of methoxy groups -OCH3 is 5. The Hall–Kier alpha value is -4.06. The van der Waals surface area contributed by atoms with Crippen LogP contribution in [0.5, 0.6) is 28.7 Å². The topological polar surface area (TPSA) is 51.1 Å². The van der Waals surface area contributed by atoms with E-state index in [2.05, 4.69) is 41.2 Å². The number of benzene rings is 3. The van der Waals surface area contributed by atoms with Gasteiger partial charge < -0.3 is 28.3 Å². The molecule has 0 aliphatic carbocycles. The fourth-order valence-corrected chi connectivity index (χ4v) is 4.16. The van der Waals surface area contributed by atoms with E-state index in [0.717, 1.165) is 41.0 Å². The number of rotatable bonds is 10. The molecule has 0 bridgehead atoms. The fraction of sp³-hybridized carbons (Fsp3) is 0.241. The number of aryl methyl sites for hydroxylation is 2. The highest BCUT2D eigenvalue weighted by atomic mass is 16.5. The minimum absolute atomic E-state index is 0.689. The smallest absolute Gasteiger partial charge is 0.161 e. The molecule has 0 unspecified atom stereocenters. The van der Waals surface area contributed by atoms with Gasteiger partial charge in [0.1, 0.15) is 5.75 Å². The zero-order valence-corrected chi connectivity index (χ0v) is 20.8. The van der Waals surface area contributed by atoms with Gasteiger partial charge in [0.15, 0.2) is 23.0 Å². The molecule has 0 aliphatic heterocycles. The Morgan fingerprint density at radius 2 is 1.03 bits per heavy atom. The summed E-state index contributed by atoms with van der Waals surface area (Å²) in [6, 6.07) is 20.2. The molecular weight excluding hydrogens is 442 g/mol. The lowest BCUT2D eigenvalue weighted by Crippen LogP contribution is -1.98. The Morgan fingerprint density at radius 3 is 1.46 bits per heavy atom. The molecule has 1 heterocycles. The summed E-state index contributed by atoms with van der Waals surface area (Å²) in [6.45, 7) is 0.833. The van der Waals surface area contributed by atoms with E-state index in [0.29, 0.717) is 23.0 Å². The number of hydrogen-bond donors (Lipinski definition) is 0. The number of nitrogens with zero attached hydrogens (tertiary/aromatic N) is 1. The van der Waals surface area contributed by atoms with E-state index >= 15 is 0 Å². The van der Waals surface area contributed by atoms with Crippen molar-refractivity contribution in [2.75, 3.05) is 35.5 Å². The highest BCUT2D eigenvalue weighted by molar-refractivity contribution is 5.85. The lowest BCUT2D eigenvalue weighted by molar-refractivity contribution is 0.355. The largest absolute Gasteiger partial charge is 0.497 e. The van der Waals surface area contributed by atoms with Gasteiger partial charge >= 0.3 is 0 Å². The summed E-state index contributed by atoms with van der Waals surface area (Å²) in [4.78, 5) is 0. The van der Waals surface area contributed by atoms with Gasteiger partial charge in [0, 0.05) is 30.1 Å². The predicted molar refractivity (Wildman–Crippen MR) is 138 cm³/mol. The van der Waals surface area contributed by atoms with Crippen LogP contribution in [-0.4, -0.2) is 40.1 Å². The number of hydrogen-bond acceptors (Lipinski definition) is 5. The van der Waals surface area contributed by atoms with E-state index in [-0.39, 0.29) is 0 Å². The van der Waals surface area contributed by atoms with Crippen molar-refractivity contribution in [3.05, 3.63) is 78.6 Å². The summed E-state index contributed by atoms with van der Waals surface area (Å²) in [5.41, 5.74) is 5.51. The molecule has 0 saturated heterocycles. The van der Waals surface area contributed by atoms with Crippen LogP contribution in [0.2, 0.25) is 0 Å². The Bertz CT molecular complexity index is 1200. The van der Waals surface area contributed by atoms with Gasteiger partial charge in [-0.1, -0.05) is 24.3 Å². The van der Waals surface area contributed by atoms with Crippen molar-refractivity contribution in [1.29, 1.82) is 0 Å². The van der Waals surface area contributed by atoms with Crippen molar-refractivity contribution in [3.63, 3.8) is 0 Å². The second-order valence-corrected chi connectivity index (χ2v) is 8.06. The predicted octanol–water partition coefficient (Wildman–Crippen LogP) is 6.11. The Morgan fingerprint density at radius 1 is 0.543 bits per heavy atom. The summed E-state index contributed by atoms with van der Waals surface area (Å²) in [7, 11) is 8.26. The van der Waals surface area contributed by atoms with Crippen LogP contribution in [0.4, 0.5) is 0 Å². The molecule has 0 N–H and O–H groups in total. The maximum absolute atomic E-state index is 5.56. The van der Waals surface area contributed by atoms with E-state index in [1.165, 1.54) is 5.56 Å². The Balaban J connectivity index is 1.74. The van der Waals surface area contributed by atoms with Crippen LogP contribution >= 0.6 is 0 Å². The first-order valence-electron chi connectivity index (χ1n) is 11.4. The first-order valence-corrected chi connectivity index (χ1v) is 11.4. The van der Waals surface area contributed by atoms with E-state index in [4.69, 9.17) is 23.7 Å². The normalized spacial score (nSPS) is 10.7. The molecule has 3 aromatic carbocycles. The summed E-state index contributed by atoms with van der Waals surface area (Å²) in [5.74, 6) is 3.63. The van der Waals surface area contributed by atoms with E-state index in [9.17, 15) is 0 Å². The molecular formula is C29H31NO5. The van der Waals surface area contributed by atoms with Crippen molar-refractivity contribution in [3.8, 4) is 51.0 Å². The zero-order chi connectivity index (χ0) is 24.8. The van der Waals surface area contributed by atoms with E-state index in [1.807, 2.05) is 36.4 Å². The lowest BCUT2D eigenvalue weighted by Gasteiger charge is -2.12. The maximum atomic E-state index is 5.56. The summed E-state index contributed by atoms with van der Waals surface area (Å²) in [5, 5.41) is 0. The van der Waals surface area contributed by atoms with Crippen molar-refractivity contribution in [2.45, 2.75) is 13.0 Å². The molecule has 6 nitrogen and oxygen atoms in total. The van der Waals surface area contributed by atoms with Crippen molar-refractivity contribution < 1.29 is 23.7 Å². The van der Waals surface area contributed by atoms with Gasteiger partial charge in [0.05, 0.1) is 35.5 Å². The number of ether oxygens (including phenoxy) is 5. The van der Waals surface area contributed by atoms with E-state index < -0.39 is 0 Å². The summed E-state index contributed by atoms with van der Waals surface area (Å²) in [6.07, 6.45) is 5.25. The van der Waals surface area contributed by atoms with Crippen molar-refractivity contribution in [2.24, 2.45) is 0 Å². The van der Waals surface area contributed by atoms with Crippen LogP contribution in [0.25, 0.3) is 22.3 Å². The van der Waals surface area contributed by atoms with Gasteiger partial charge in [-0.3, -0.25) is 0 Å². The average Bonchev–Trinajstić information content (AvgIpc) is 3.35. The van der Waals surface area contributed by atoms with Crippen LogP contribution in [0, 0.1) is 0 Å². The third kappa shape index (κ3) is 5.22. The monoisotopic (exact) mass is 473 g/mol. The molecule has 4 aromatic rings. The van der Waals surface area contributed by atoms with Crippen LogP contribution in [0.1, 0.15) is 5.56 Å². The van der Waals surface area contributed by atoms with Gasteiger partial charge in [-0.05, 0) is 59.5 Å². The molecule has 0 radical (unpaired) electrons. The molecule has 35 heavy (non-hydrogen) atoms. The molecule has 0 fully saturated rings. The molecule has 1 aromatic heterocycles. The fourth-order valence-electron chi connectivity index (χ4n) is 4.16. The van der Waals surface area contributed by atoms with Crippen LogP contribution in [0.15, 0.2) is 73.1 Å². The minimum atomic E-state index is 0.689. The zero-order valence-electron chi connectivity index (χ0n) is 20.8. The molecule has 0 saturated carbocycles. The molecule has 6 heteroatoms. The van der Waals surface area contributed by atoms with Crippen LogP contribution in [0.3, 0.4) is 0 Å². The van der Waals surface area contributed by atoms with Gasteiger partial charge in [-0.25, -0.2) is 0 Å². The van der Waals surface area contributed by atoms with Crippen LogP contribution in [-0.2, 0) is 13.0 Å². The summed E-state index contributed by atoms with van der Waals surface area (Å²) < 4.78 is 29.5. The third-order valence-corrected chi connectivity index (χ3v) is 6.09. The van der Waals surface area contributed by atoms with Gasteiger partial charge in [0.25, 0.3) is 0 Å². The molecule has 182 valence electrons. The highest BCUT2D eigenvalue weighted by Gasteiger charge is 2.16. The Labute approximate surface area is 206 Å². The quantitative estimate of drug-likeness (QED) is 0.278. The van der Waals surface area contributed by atoms with Gasteiger partial charge in [-0.15, -0.1) is 0 Å². The second kappa shape index (κ2) is 10.9. The maximum Gasteiger partial charge on any atom is 0.161 e. The Kier molecular flexibility index (Phi) is 7.51. The summed E-state index contributed by atoms with van der Waals surface area (Å²) >= 11 is 0. The van der Waals surface area contributed by atoms with Gasteiger partial charge in [-0.2, -0.15) is 0 Å². The van der Waals surface area contributed by atoms with Crippen molar-refractivity contribution >= 4 is 0 Å². The SMILES string of the molecule is COc1ccc(CCn2cc(-c3ccc(OC)c(OC)c3)c(-c3ccc(OC)c(OC)c3)c2)cc1.